The summed E-state index contributed by atoms with van der Waals surface area (Å²) in [6, 6.07) is 6.54. The van der Waals surface area contributed by atoms with Crippen molar-refractivity contribution in [2.75, 3.05) is 0 Å². The fraction of sp³-hybridized carbons (Fsp3) is 0. The van der Waals surface area contributed by atoms with Crippen LogP contribution in [0.2, 0.25) is 0 Å². The van der Waals surface area contributed by atoms with Gasteiger partial charge in [-0.15, -0.1) is 0 Å². The summed E-state index contributed by atoms with van der Waals surface area (Å²) in [6.45, 7) is 0. The van der Waals surface area contributed by atoms with E-state index in [2.05, 4.69) is 4.98 Å². The molecular weight excluding hydrogens is 286 g/mol. The zero-order valence-electron chi connectivity index (χ0n) is 9.39. The van der Waals surface area contributed by atoms with E-state index in [-0.39, 0.29) is 11.6 Å². The van der Waals surface area contributed by atoms with E-state index < -0.39 is 4.92 Å². The Morgan fingerprint density at radius 3 is 3.05 bits per heavy atom. The summed E-state index contributed by atoms with van der Waals surface area (Å²) in [5.74, 6) is 0.0678. The lowest BCUT2D eigenvalue weighted by molar-refractivity contribution is -0.393. The zero-order chi connectivity index (χ0) is 13.4. The maximum atomic E-state index is 11.1. The van der Waals surface area contributed by atoms with E-state index in [9.17, 15) is 15.2 Å². The van der Waals surface area contributed by atoms with Crippen molar-refractivity contribution in [3.05, 3.63) is 46.0 Å². The number of aromatic nitrogens is 2. The van der Waals surface area contributed by atoms with Gasteiger partial charge in [-0.3, -0.25) is 0 Å². The van der Waals surface area contributed by atoms with Gasteiger partial charge in [0, 0.05) is 10.3 Å². The number of thiazole rings is 1. The normalized spacial score (nSPS) is 10.9. The van der Waals surface area contributed by atoms with Crippen molar-refractivity contribution >= 4 is 33.9 Å². The van der Waals surface area contributed by atoms with Crippen molar-refractivity contribution in [1.82, 2.24) is 9.38 Å². The number of hydrogen-bond acceptors (Lipinski definition) is 6. The molecule has 0 saturated heterocycles. The first-order chi connectivity index (χ1) is 9.15. The molecule has 0 spiro atoms. The molecule has 2 heterocycles. The van der Waals surface area contributed by atoms with Gasteiger partial charge in [0.15, 0.2) is 0 Å². The van der Waals surface area contributed by atoms with Gasteiger partial charge >= 0.3 is 5.82 Å². The fourth-order valence-corrected chi connectivity index (χ4v) is 3.36. The highest BCUT2D eigenvalue weighted by Crippen LogP contribution is 2.36. The quantitative estimate of drug-likeness (QED) is 0.592. The van der Waals surface area contributed by atoms with Crippen LogP contribution in [-0.2, 0) is 0 Å². The summed E-state index contributed by atoms with van der Waals surface area (Å²) in [4.78, 5) is 16.2. The van der Waals surface area contributed by atoms with E-state index in [1.165, 1.54) is 15.7 Å². The van der Waals surface area contributed by atoms with Crippen LogP contribution in [0.4, 0.5) is 5.82 Å². The van der Waals surface area contributed by atoms with Gasteiger partial charge in [-0.2, -0.15) is 9.38 Å². The first-order valence-electron chi connectivity index (χ1n) is 5.22. The van der Waals surface area contributed by atoms with Crippen LogP contribution in [-0.4, -0.2) is 19.4 Å². The number of nitrogens with zero attached hydrogens (tertiary/aromatic N) is 3. The highest BCUT2D eigenvalue weighted by atomic mass is 32.2. The van der Waals surface area contributed by atoms with Crippen LogP contribution in [0.15, 0.2) is 45.8 Å². The molecule has 0 unspecified atom stereocenters. The van der Waals surface area contributed by atoms with Crippen molar-refractivity contribution in [2.24, 2.45) is 0 Å². The third-order valence-electron chi connectivity index (χ3n) is 2.41. The van der Waals surface area contributed by atoms with Gasteiger partial charge in [0.05, 0.1) is 0 Å². The molecule has 0 saturated carbocycles. The van der Waals surface area contributed by atoms with Gasteiger partial charge < -0.3 is 15.2 Å². The molecule has 2 aromatic heterocycles. The molecule has 0 atom stereocenters. The second-order valence-corrected chi connectivity index (χ2v) is 5.59. The summed E-state index contributed by atoms with van der Waals surface area (Å²) in [5, 5.41) is 22.6. The molecule has 0 radical (unpaired) electrons. The fourth-order valence-electron chi connectivity index (χ4n) is 1.65. The molecule has 6 nitrogen and oxygen atoms in total. The third-order valence-corrected chi connectivity index (χ3v) is 4.12. The van der Waals surface area contributed by atoms with Crippen LogP contribution >= 0.6 is 23.1 Å². The molecule has 3 aromatic rings. The standard InChI is InChI=1S/C11H7N3O3S2/c15-7-2-1-3-8(6-7)19-9-10(14(16)17)13-4-5-18-11(13)12-9/h1-6,15H. The molecule has 1 aromatic carbocycles. The van der Waals surface area contributed by atoms with E-state index in [4.69, 9.17) is 0 Å². The number of benzene rings is 1. The molecule has 0 fully saturated rings. The molecule has 0 aliphatic carbocycles. The van der Waals surface area contributed by atoms with Crippen molar-refractivity contribution in [1.29, 1.82) is 0 Å². The minimum atomic E-state index is -0.447. The van der Waals surface area contributed by atoms with Crippen LogP contribution in [0, 0.1) is 10.1 Å². The van der Waals surface area contributed by atoms with E-state index in [0.717, 1.165) is 11.8 Å². The second-order valence-electron chi connectivity index (χ2n) is 3.65. The largest absolute Gasteiger partial charge is 0.508 e. The number of fused-ring (bicyclic) bond motifs is 1. The van der Waals surface area contributed by atoms with Crippen molar-refractivity contribution in [3.63, 3.8) is 0 Å². The number of phenols is 1. The van der Waals surface area contributed by atoms with Crippen molar-refractivity contribution < 1.29 is 10.0 Å². The summed E-state index contributed by atoms with van der Waals surface area (Å²) in [5.41, 5.74) is 0. The average Bonchev–Trinajstić information content (AvgIpc) is 2.88. The van der Waals surface area contributed by atoms with Gasteiger partial charge in [-0.05, 0) is 23.1 Å². The molecule has 8 heteroatoms. The Labute approximate surface area is 115 Å². The van der Waals surface area contributed by atoms with Crippen LogP contribution in [0.3, 0.4) is 0 Å². The average molecular weight is 293 g/mol. The summed E-state index contributed by atoms with van der Waals surface area (Å²) >= 11 is 2.50. The van der Waals surface area contributed by atoms with Gasteiger partial charge in [0.25, 0.3) is 4.96 Å². The minimum absolute atomic E-state index is 0.0513. The Balaban J connectivity index is 2.07. The zero-order valence-corrected chi connectivity index (χ0v) is 11.0. The lowest BCUT2D eigenvalue weighted by Gasteiger charge is -1.99. The van der Waals surface area contributed by atoms with Gasteiger partial charge in [0.1, 0.15) is 11.9 Å². The Bertz CT molecular complexity index is 765. The molecule has 0 amide bonds. The number of phenolic OH excluding ortho intramolecular Hbond substituents is 1. The van der Waals surface area contributed by atoms with Gasteiger partial charge in [-0.1, -0.05) is 29.2 Å². The first-order valence-corrected chi connectivity index (χ1v) is 6.91. The first kappa shape index (κ1) is 12.0. The Hall–Kier alpha value is -2.06. The number of aromatic hydroxyl groups is 1. The Morgan fingerprint density at radius 1 is 1.47 bits per heavy atom. The van der Waals surface area contributed by atoms with Crippen molar-refractivity contribution in [3.8, 4) is 5.75 Å². The van der Waals surface area contributed by atoms with Gasteiger partial charge in [0.2, 0.25) is 5.03 Å². The predicted octanol–water partition coefficient (Wildman–Crippen LogP) is 3.16. The van der Waals surface area contributed by atoms with Crippen LogP contribution in [0.25, 0.3) is 4.96 Å². The number of nitro groups is 1. The van der Waals surface area contributed by atoms with Crippen LogP contribution < -0.4 is 0 Å². The molecule has 1 N–H and O–H groups in total. The predicted molar refractivity (Wildman–Crippen MR) is 72.0 cm³/mol. The SMILES string of the molecule is O=[N+]([O-])c1c(Sc2cccc(O)c2)nc2sccn12. The van der Waals surface area contributed by atoms with E-state index in [1.54, 1.807) is 35.8 Å². The lowest BCUT2D eigenvalue weighted by atomic mass is 10.3. The Morgan fingerprint density at radius 2 is 2.32 bits per heavy atom. The van der Waals surface area contributed by atoms with E-state index >= 15 is 0 Å². The molecule has 0 aliphatic rings. The Kier molecular flexibility index (Phi) is 2.88. The summed E-state index contributed by atoms with van der Waals surface area (Å²) in [6.07, 6.45) is 1.62. The van der Waals surface area contributed by atoms with Gasteiger partial charge in [-0.25, -0.2) is 0 Å². The smallest absolute Gasteiger partial charge is 0.363 e. The van der Waals surface area contributed by atoms with E-state index in [1.807, 2.05) is 0 Å². The molecular formula is C11H7N3O3S2. The molecule has 19 heavy (non-hydrogen) atoms. The molecule has 96 valence electrons. The molecule has 0 aliphatic heterocycles. The molecule has 0 bridgehead atoms. The monoisotopic (exact) mass is 293 g/mol. The lowest BCUT2D eigenvalue weighted by Crippen LogP contribution is -1.93. The maximum Gasteiger partial charge on any atom is 0.363 e. The number of rotatable bonds is 3. The third kappa shape index (κ3) is 2.15. The summed E-state index contributed by atoms with van der Waals surface area (Å²) in [7, 11) is 0. The second kappa shape index (κ2) is 4.56. The number of hydrogen-bond donors (Lipinski definition) is 1. The minimum Gasteiger partial charge on any atom is -0.508 e. The maximum absolute atomic E-state index is 11.1. The number of imidazole rings is 1. The van der Waals surface area contributed by atoms with Crippen LogP contribution in [0.5, 0.6) is 5.75 Å². The highest BCUT2D eigenvalue weighted by molar-refractivity contribution is 7.99. The summed E-state index contributed by atoms with van der Waals surface area (Å²) < 4.78 is 1.45. The topological polar surface area (TPSA) is 80.7 Å². The van der Waals surface area contributed by atoms with Crippen LogP contribution in [0.1, 0.15) is 0 Å². The van der Waals surface area contributed by atoms with E-state index in [0.29, 0.717) is 14.9 Å². The van der Waals surface area contributed by atoms with Crippen molar-refractivity contribution in [2.45, 2.75) is 9.92 Å². The highest BCUT2D eigenvalue weighted by Gasteiger charge is 2.24. The molecule has 3 rings (SSSR count).